The fourth-order valence-corrected chi connectivity index (χ4v) is 6.73. The first kappa shape index (κ1) is 34.3. The summed E-state index contributed by atoms with van der Waals surface area (Å²) in [7, 11) is 3.49. The van der Waals surface area contributed by atoms with Crippen LogP contribution in [0.1, 0.15) is 81.1 Å². The molecular formula is C37H50N4O6. The van der Waals surface area contributed by atoms with Crippen molar-refractivity contribution in [3.63, 3.8) is 0 Å². The van der Waals surface area contributed by atoms with Crippen LogP contribution in [0.25, 0.3) is 22.2 Å². The Morgan fingerprint density at radius 2 is 1.62 bits per heavy atom. The lowest BCUT2D eigenvalue weighted by atomic mass is 9.82. The van der Waals surface area contributed by atoms with E-state index in [0.717, 1.165) is 79.6 Å². The van der Waals surface area contributed by atoms with Gasteiger partial charge in [0.2, 0.25) is 5.91 Å². The van der Waals surface area contributed by atoms with Crippen LogP contribution in [0, 0.1) is 0 Å². The summed E-state index contributed by atoms with van der Waals surface area (Å²) >= 11 is 0. The molecule has 2 aliphatic rings. The molecule has 1 aliphatic carbocycles. The number of carboxylic acid groups (broad SMARTS) is 1. The Labute approximate surface area is 278 Å². The molecule has 1 saturated carbocycles. The van der Waals surface area contributed by atoms with Crippen LogP contribution in [0.3, 0.4) is 0 Å². The molecule has 2 aromatic carbocycles. The van der Waals surface area contributed by atoms with Crippen LogP contribution in [-0.2, 0) is 16.1 Å². The fourth-order valence-electron chi connectivity index (χ4n) is 6.73. The number of hydrogen-bond donors (Lipinski definition) is 1. The molecule has 1 aromatic heterocycles. The highest BCUT2D eigenvalue weighted by atomic mass is 16.6. The number of rotatable bonds is 10. The number of piperazine rings is 1. The van der Waals surface area contributed by atoms with E-state index < -0.39 is 11.6 Å². The number of carbonyl (C=O) groups is 3. The van der Waals surface area contributed by atoms with Crippen molar-refractivity contribution in [2.45, 2.75) is 77.4 Å². The van der Waals surface area contributed by atoms with Gasteiger partial charge in [0.05, 0.1) is 23.4 Å². The molecule has 0 unspecified atom stereocenters. The minimum absolute atomic E-state index is 0.0507. The fraction of sp³-hybridized carbons (Fsp3) is 0.541. The van der Waals surface area contributed by atoms with Gasteiger partial charge in [0.15, 0.2) is 0 Å². The normalized spacial score (nSPS) is 16.3. The van der Waals surface area contributed by atoms with Gasteiger partial charge in [-0.1, -0.05) is 25.3 Å². The molecule has 2 amide bonds. The Kier molecular flexibility index (Phi) is 10.8. The summed E-state index contributed by atoms with van der Waals surface area (Å²) in [6.45, 7) is 10.2. The predicted octanol–water partition coefficient (Wildman–Crippen LogP) is 6.46. The molecule has 0 atom stereocenters. The average Bonchev–Trinajstić information content (AvgIpc) is 3.36. The van der Waals surface area contributed by atoms with Crippen molar-refractivity contribution in [2.75, 3.05) is 53.4 Å². The SMILES string of the molecule is CN(C)C(=O)Cn1c(-c2ccc(OCCCN3CCN(C(=O)OC(C)(C)C)CC3)cc2)c(C2CCCCC2)c2ccc(C(=O)O)cc21. The molecule has 1 saturated heterocycles. The summed E-state index contributed by atoms with van der Waals surface area (Å²) in [6, 6.07) is 13.4. The average molecular weight is 647 g/mol. The van der Waals surface area contributed by atoms with Gasteiger partial charge in [-0.2, -0.15) is 0 Å². The number of aromatic nitrogens is 1. The number of aromatic carboxylic acids is 1. The predicted molar refractivity (Wildman–Crippen MR) is 183 cm³/mol. The molecule has 47 heavy (non-hydrogen) atoms. The third-order valence-electron chi connectivity index (χ3n) is 9.20. The lowest BCUT2D eigenvalue weighted by Gasteiger charge is -2.35. The van der Waals surface area contributed by atoms with E-state index in [9.17, 15) is 19.5 Å². The van der Waals surface area contributed by atoms with Crippen molar-refractivity contribution in [1.29, 1.82) is 0 Å². The van der Waals surface area contributed by atoms with Crippen LogP contribution in [0.15, 0.2) is 42.5 Å². The number of fused-ring (bicyclic) bond motifs is 1. The zero-order valence-corrected chi connectivity index (χ0v) is 28.6. The summed E-state index contributed by atoms with van der Waals surface area (Å²) in [5.41, 5.74) is 3.69. The molecule has 1 aliphatic heterocycles. The van der Waals surface area contributed by atoms with Gasteiger partial charge in [0.25, 0.3) is 0 Å². The molecule has 10 heteroatoms. The lowest BCUT2D eigenvalue weighted by molar-refractivity contribution is -0.129. The van der Waals surface area contributed by atoms with Gasteiger partial charge in [-0.3, -0.25) is 9.69 Å². The maximum atomic E-state index is 13.1. The van der Waals surface area contributed by atoms with E-state index in [1.165, 1.54) is 12.0 Å². The summed E-state index contributed by atoms with van der Waals surface area (Å²) < 4.78 is 13.7. The van der Waals surface area contributed by atoms with Crippen LogP contribution >= 0.6 is 0 Å². The number of amides is 2. The highest BCUT2D eigenvalue weighted by Crippen LogP contribution is 2.44. The molecule has 3 aromatic rings. The Balaban J connectivity index is 1.30. The third-order valence-corrected chi connectivity index (χ3v) is 9.20. The molecule has 2 fully saturated rings. The van der Waals surface area contributed by atoms with Gasteiger partial charge in [0, 0.05) is 52.2 Å². The highest BCUT2D eigenvalue weighted by Gasteiger charge is 2.29. The first-order valence-electron chi connectivity index (χ1n) is 16.9. The van der Waals surface area contributed by atoms with E-state index in [1.54, 1.807) is 36.0 Å². The zero-order valence-electron chi connectivity index (χ0n) is 28.6. The van der Waals surface area contributed by atoms with Gasteiger partial charge < -0.3 is 28.9 Å². The Morgan fingerprint density at radius 1 is 0.936 bits per heavy atom. The van der Waals surface area contributed by atoms with Gasteiger partial charge in [-0.25, -0.2) is 9.59 Å². The number of hydrogen-bond acceptors (Lipinski definition) is 6. The monoisotopic (exact) mass is 646 g/mol. The zero-order chi connectivity index (χ0) is 33.7. The van der Waals surface area contributed by atoms with Crippen LogP contribution < -0.4 is 4.74 Å². The van der Waals surface area contributed by atoms with Crippen molar-refractivity contribution < 1.29 is 29.0 Å². The van der Waals surface area contributed by atoms with E-state index in [1.807, 2.05) is 43.5 Å². The number of carbonyl (C=O) groups excluding carboxylic acids is 2. The Morgan fingerprint density at radius 3 is 2.23 bits per heavy atom. The first-order chi connectivity index (χ1) is 22.4. The number of benzene rings is 2. The highest BCUT2D eigenvalue weighted by molar-refractivity contribution is 5.99. The second-order valence-corrected chi connectivity index (χ2v) is 14.0. The number of carboxylic acids is 1. The van der Waals surface area contributed by atoms with Crippen LogP contribution in [-0.4, -0.2) is 101 Å². The van der Waals surface area contributed by atoms with E-state index in [4.69, 9.17) is 9.47 Å². The largest absolute Gasteiger partial charge is 0.494 e. The second-order valence-electron chi connectivity index (χ2n) is 14.0. The lowest BCUT2D eigenvalue weighted by Crippen LogP contribution is -2.50. The van der Waals surface area contributed by atoms with E-state index >= 15 is 0 Å². The van der Waals surface area contributed by atoms with Crippen LogP contribution in [0.4, 0.5) is 4.79 Å². The van der Waals surface area contributed by atoms with Crippen molar-refractivity contribution >= 4 is 28.9 Å². The van der Waals surface area contributed by atoms with Crippen molar-refractivity contribution in [3.05, 3.63) is 53.6 Å². The van der Waals surface area contributed by atoms with Crippen molar-refractivity contribution in [1.82, 2.24) is 19.3 Å². The summed E-state index contributed by atoms with van der Waals surface area (Å²) in [5, 5.41) is 10.8. The van der Waals surface area contributed by atoms with E-state index in [0.29, 0.717) is 25.6 Å². The van der Waals surface area contributed by atoms with Gasteiger partial charge in [-0.15, -0.1) is 0 Å². The summed E-state index contributed by atoms with van der Waals surface area (Å²) in [5.74, 6) is 0.0895. The molecular weight excluding hydrogens is 596 g/mol. The van der Waals surface area contributed by atoms with Gasteiger partial charge >= 0.3 is 12.1 Å². The molecule has 0 spiro atoms. The van der Waals surface area contributed by atoms with Crippen LogP contribution in [0.2, 0.25) is 0 Å². The molecule has 5 rings (SSSR count). The maximum absolute atomic E-state index is 13.1. The smallest absolute Gasteiger partial charge is 0.410 e. The first-order valence-corrected chi connectivity index (χ1v) is 16.9. The minimum Gasteiger partial charge on any atom is -0.494 e. The molecule has 0 bridgehead atoms. The Bertz CT molecular complexity index is 1560. The number of ether oxygens (including phenoxy) is 2. The van der Waals surface area contributed by atoms with Gasteiger partial charge in [-0.05, 0) is 93.5 Å². The standard InChI is InChI=1S/C37H50N4O6/c1-37(2,3)47-36(45)40-21-19-39(20-22-40)18-9-23-46-29-15-12-27(13-16-29)34-33(26-10-7-6-8-11-26)30-17-14-28(35(43)44)24-31(30)41(34)25-32(42)38(4)5/h12-17,24,26H,6-11,18-23,25H2,1-5H3,(H,43,44). The summed E-state index contributed by atoms with van der Waals surface area (Å²) in [6.07, 6.45) is 6.31. The molecule has 254 valence electrons. The van der Waals surface area contributed by atoms with Crippen molar-refractivity contribution in [3.8, 4) is 17.0 Å². The minimum atomic E-state index is -0.982. The topological polar surface area (TPSA) is 105 Å². The quantitative estimate of drug-likeness (QED) is 0.252. The van der Waals surface area contributed by atoms with E-state index in [-0.39, 0.29) is 24.1 Å². The Hall–Kier alpha value is -4.05. The molecule has 2 heterocycles. The molecule has 0 radical (unpaired) electrons. The molecule has 1 N–H and O–H groups in total. The van der Waals surface area contributed by atoms with Gasteiger partial charge in [0.1, 0.15) is 17.9 Å². The van der Waals surface area contributed by atoms with Crippen molar-refractivity contribution in [2.24, 2.45) is 0 Å². The third kappa shape index (κ3) is 8.46. The maximum Gasteiger partial charge on any atom is 0.410 e. The molecule has 10 nitrogen and oxygen atoms in total. The second kappa shape index (κ2) is 14.8. The van der Waals surface area contributed by atoms with E-state index in [2.05, 4.69) is 17.0 Å². The number of nitrogens with zero attached hydrogens (tertiary/aromatic N) is 4. The number of likely N-dealkylation sites (N-methyl/N-ethyl adjacent to an activating group) is 1. The summed E-state index contributed by atoms with van der Waals surface area (Å²) in [4.78, 5) is 43.1. The van der Waals surface area contributed by atoms with Crippen LogP contribution in [0.5, 0.6) is 5.75 Å².